The fourth-order valence-corrected chi connectivity index (χ4v) is 2.67. The first-order chi connectivity index (χ1) is 9.70. The van der Waals surface area contributed by atoms with Gasteiger partial charge >= 0.3 is 0 Å². The third-order valence-electron chi connectivity index (χ3n) is 3.24. The van der Waals surface area contributed by atoms with Crippen LogP contribution in [0.4, 0.5) is 5.69 Å². The summed E-state index contributed by atoms with van der Waals surface area (Å²) < 4.78 is 0.840. The van der Waals surface area contributed by atoms with Crippen molar-refractivity contribution in [2.24, 2.45) is 5.16 Å². The van der Waals surface area contributed by atoms with Gasteiger partial charge in [-0.25, -0.2) is 0 Å². The minimum Gasteiger partial charge on any atom is -0.410 e. The molecule has 1 aliphatic heterocycles. The Labute approximate surface area is 124 Å². The van der Waals surface area contributed by atoms with Gasteiger partial charge in [0.05, 0.1) is 12.2 Å². The van der Waals surface area contributed by atoms with Crippen LogP contribution in [0.15, 0.2) is 58.2 Å². The second kappa shape index (κ2) is 5.09. The van der Waals surface area contributed by atoms with Crippen molar-refractivity contribution in [3.63, 3.8) is 0 Å². The van der Waals surface area contributed by atoms with Crippen molar-refractivity contribution < 1.29 is 10.0 Å². The van der Waals surface area contributed by atoms with E-state index in [1.165, 1.54) is 0 Å². The van der Waals surface area contributed by atoms with E-state index < -0.39 is 0 Å². The van der Waals surface area contributed by atoms with Gasteiger partial charge in [-0.1, -0.05) is 51.4 Å². The SMILES string of the molecule is O=C1/C(=N\O)c2cc(Br)ccc2N1Cc1ccccc1. The first kappa shape index (κ1) is 12.9. The summed E-state index contributed by atoms with van der Waals surface area (Å²) in [6.07, 6.45) is 0. The maximum atomic E-state index is 12.3. The molecule has 2 aromatic rings. The van der Waals surface area contributed by atoms with Gasteiger partial charge in [0.25, 0.3) is 5.91 Å². The molecule has 0 atom stereocenters. The number of carbonyl (C=O) groups is 1. The summed E-state index contributed by atoms with van der Waals surface area (Å²) in [5, 5.41) is 12.2. The molecule has 3 rings (SSSR count). The molecule has 0 bridgehead atoms. The molecule has 0 fully saturated rings. The van der Waals surface area contributed by atoms with Gasteiger partial charge in [0.1, 0.15) is 0 Å². The Morgan fingerprint density at radius 2 is 1.90 bits per heavy atom. The van der Waals surface area contributed by atoms with Gasteiger partial charge in [-0.05, 0) is 23.8 Å². The molecular formula is C15H11BrN2O2. The first-order valence-electron chi connectivity index (χ1n) is 6.08. The molecule has 0 aromatic heterocycles. The zero-order valence-electron chi connectivity index (χ0n) is 10.5. The van der Waals surface area contributed by atoms with Gasteiger partial charge in [0, 0.05) is 10.0 Å². The molecule has 1 N–H and O–H groups in total. The van der Waals surface area contributed by atoms with Crippen molar-refractivity contribution in [1.29, 1.82) is 0 Å². The minimum absolute atomic E-state index is 0.0808. The molecule has 0 unspecified atom stereocenters. The quantitative estimate of drug-likeness (QED) is 0.679. The maximum absolute atomic E-state index is 12.3. The summed E-state index contributed by atoms with van der Waals surface area (Å²) >= 11 is 3.36. The number of hydrogen-bond acceptors (Lipinski definition) is 3. The van der Waals surface area contributed by atoms with Gasteiger partial charge < -0.3 is 10.1 Å². The van der Waals surface area contributed by atoms with E-state index in [1.807, 2.05) is 42.5 Å². The van der Waals surface area contributed by atoms with Crippen molar-refractivity contribution >= 4 is 33.2 Å². The molecule has 0 saturated carbocycles. The molecule has 0 radical (unpaired) electrons. The summed E-state index contributed by atoms with van der Waals surface area (Å²) in [6, 6.07) is 15.2. The highest BCUT2D eigenvalue weighted by atomic mass is 79.9. The zero-order valence-corrected chi connectivity index (χ0v) is 12.0. The number of benzene rings is 2. The number of oxime groups is 1. The van der Waals surface area contributed by atoms with Crippen molar-refractivity contribution in [1.82, 2.24) is 0 Å². The van der Waals surface area contributed by atoms with Crippen LogP contribution in [0.2, 0.25) is 0 Å². The number of hydrogen-bond donors (Lipinski definition) is 1. The normalized spacial score (nSPS) is 15.8. The second-order valence-electron chi connectivity index (χ2n) is 4.49. The molecule has 1 aliphatic rings. The Bertz CT molecular complexity index is 698. The molecule has 100 valence electrons. The molecule has 1 heterocycles. The summed E-state index contributed by atoms with van der Waals surface area (Å²) in [6.45, 7) is 0.452. The van der Waals surface area contributed by atoms with Crippen LogP contribution < -0.4 is 4.90 Å². The fourth-order valence-electron chi connectivity index (χ4n) is 2.31. The van der Waals surface area contributed by atoms with Gasteiger partial charge in [-0.3, -0.25) is 4.79 Å². The molecule has 0 spiro atoms. The summed E-state index contributed by atoms with van der Waals surface area (Å²) in [5.41, 5.74) is 2.50. The van der Waals surface area contributed by atoms with Crippen LogP contribution in [0.3, 0.4) is 0 Å². The Morgan fingerprint density at radius 3 is 2.60 bits per heavy atom. The summed E-state index contributed by atoms with van der Waals surface area (Å²) in [4.78, 5) is 13.9. The van der Waals surface area contributed by atoms with E-state index in [4.69, 9.17) is 5.21 Å². The lowest BCUT2D eigenvalue weighted by molar-refractivity contribution is -0.112. The van der Waals surface area contributed by atoms with Gasteiger partial charge in [-0.2, -0.15) is 0 Å². The molecule has 5 heteroatoms. The lowest BCUT2D eigenvalue weighted by Crippen LogP contribution is -2.29. The Balaban J connectivity index is 2.03. The van der Waals surface area contributed by atoms with Crippen LogP contribution in [-0.4, -0.2) is 16.8 Å². The largest absolute Gasteiger partial charge is 0.410 e. The van der Waals surface area contributed by atoms with E-state index in [9.17, 15) is 4.79 Å². The first-order valence-corrected chi connectivity index (χ1v) is 6.88. The van der Waals surface area contributed by atoms with E-state index >= 15 is 0 Å². The molecule has 0 saturated heterocycles. The molecular weight excluding hydrogens is 320 g/mol. The smallest absolute Gasteiger partial charge is 0.281 e. The molecule has 4 nitrogen and oxygen atoms in total. The number of amides is 1. The Hall–Kier alpha value is -2.14. The highest BCUT2D eigenvalue weighted by molar-refractivity contribution is 9.10. The van der Waals surface area contributed by atoms with Crippen LogP contribution >= 0.6 is 15.9 Å². The molecule has 2 aromatic carbocycles. The highest BCUT2D eigenvalue weighted by Crippen LogP contribution is 2.32. The molecule has 20 heavy (non-hydrogen) atoms. The van der Waals surface area contributed by atoms with Crippen LogP contribution in [0, 0.1) is 0 Å². The third kappa shape index (κ3) is 2.10. The topological polar surface area (TPSA) is 52.9 Å². The molecule has 0 aliphatic carbocycles. The number of nitrogens with zero attached hydrogens (tertiary/aromatic N) is 2. The summed E-state index contributed by atoms with van der Waals surface area (Å²) in [5.74, 6) is -0.288. The van der Waals surface area contributed by atoms with E-state index in [1.54, 1.807) is 11.0 Å². The molecule has 1 amide bonds. The number of carbonyl (C=O) groups excluding carboxylic acids is 1. The monoisotopic (exact) mass is 330 g/mol. The van der Waals surface area contributed by atoms with Crippen molar-refractivity contribution in [3.05, 3.63) is 64.1 Å². The van der Waals surface area contributed by atoms with Crippen LogP contribution in [0.1, 0.15) is 11.1 Å². The van der Waals surface area contributed by atoms with Crippen LogP contribution in [0.25, 0.3) is 0 Å². The van der Waals surface area contributed by atoms with Gasteiger partial charge in [0.15, 0.2) is 5.71 Å². The van der Waals surface area contributed by atoms with Crippen molar-refractivity contribution in [2.75, 3.05) is 4.90 Å². The lowest BCUT2D eigenvalue weighted by atomic mass is 10.1. The summed E-state index contributed by atoms with van der Waals surface area (Å²) in [7, 11) is 0. The van der Waals surface area contributed by atoms with E-state index in [-0.39, 0.29) is 11.6 Å². The average Bonchev–Trinajstić information content (AvgIpc) is 2.71. The Kier molecular flexibility index (Phi) is 3.28. The Morgan fingerprint density at radius 1 is 1.15 bits per heavy atom. The zero-order chi connectivity index (χ0) is 14.1. The van der Waals surface area contributed by atoms with E-state index in [0.717, 1.165) is 15.7 Å². The predicted octanol–water partition coefficient (Wildman–Crippen LogP) is 3.17. The highest BCUT2D eigenvalue weighted by Gasteiger charge is 2.34. The average molecular weight is 331 g/mol. The van der Waals surface area contributed by atoms with Crippen LogP contribution in [-0.2, 0) is 11.3 Å². The fraction of sp³-hybridized carbons (Fsp3) is 0.0667. The lowest BCUT2D eigenvalue weighted by Gasteiger charge is -2.16. The standard InChI is InChI=1S/C15H11BrN2O2/c16-11-6-7-13-12(8-11)14(17-20)15(19)18(13)9-10-4-2-1-3-5-10/h1-8,20H,9H2/b17-14-. The third-order valence-corrected chi connectivity index (χ3v) is 3.73. The predicted molar refractivity (Wildman–Crippen MR) is 80.1 cm³/mol. The number of anilines is 1. The van der Waals surface area contributed by atoms with E-state index in [0.29, 0.717) is 12.1 Å². The van der Waals surface area contributed by atoms with Crippen molar-refractivity contribution in [3.8, 4) is 0 Å². The minimum atomic E-state index is -0.288. The second-order valence-corrected chi connectivity index (χ2v) is 5.40. The van der Waals surface area contributed by atoms with Crippen molar-refractivity contribution in [2.45, 2.75) is 6.54 Å². The maximum Gasteiger partial charge on any atom is 0.281 e. The van der Waals surface area contributed by atoms with Gasteiger partial charge in [-0.15, -0.1) is 0 Å². The number of halogens is 1. The number of fused-ring (bicyclic) bond motifs is 1. The number of rotatable bonds is 2. The van der Waals surface area contributed by atoms with E-state index in [2.05, 4.69) is 21.1 Å². The van der Waals surface area contributed by atoms with Crippen LogP contribution in [0.5, 0.6) is 0 Å². The van der Waals surface area contributed by atoms with Gasteiger partial charge in [0.2, 0.25) is 0 Å².